The summed E-state index contributed by atoms with van der Waals surface area (Å²) < 4.78 is 25.0. The topological polar surface area (TPSA) is 69.7 Å². The van der Waals surface area contributed by atoms with Crippen LogP contribution in [0.4, 0.5) is 17.1 Å². The van der Waals surface area contributed by atoms with Gasteiger partial charge in [0.1, 0.15) is 0 Å². The summed E-state index contributed by atoms with van der Waals surface area (Å²) in [5.74, 6) is -0.206. The maximum Gasteiger partial charge on any atom is 0.255 e. The Balaban J connectivity index is 1.85. The molecule has 0 radical (unpaired) electrons. The molecule has 0 unspecified atom stereocenters. The molecule has 7 heteroatoms. The molecule has 138 valence electrons. The van der Waals surface area contributed by atoms with Crippen LogP contribution in [0.25, 0.3) is 0 Å². The molecule has 1 aliphatic rings. The van der Waals surface area contributed by atoms with E-state index in [9.17, 15) is 13.2 Å². The summed E-state index contributed by atoms with van der Waals surface area (Å²) in [6.07, 6.45) is 1.81. The fraction of sp³-hybridized carbons (Fsp3) is 0.316. The molecule has 0 bridgehead atoms. The molecule has 1 aliphatic heterocycles. The number of anilines is 3. The van der Waals surface area contributed by atoms with Gasteiger partial charge in [0, 0.05) is 25.7 Å². The summed E-state index contributed by atoms with van der Waals surface area (Å²) in [6, 6.07) is 12.8. The first-order valence-electron chi connectivity index (χ1n) is 8.53. The number of carbonyl (C=O) groups is 1. The monoisotopic (exact) mass is 373 g/mol. The first-order valence-corrected chi connectivity index (χ1v) is 10.4. The second-order valence-electron chi connectivity index (χ2n) is 6.41. The SMILES string of the molecule is CCN(C)c1ccccc1NC(=O)c1ccc2c(c1)CCN2S(C)(=O)=O. The Kier molecular flexibility index (Phi) is 4.91. The Labute approximate surface area is 154 Å². The van der Waals surface area contributed by atoms with Crippen LogP contribution in [-0.4, -0.2) is 40.7 Å². The van der Waals surface area contributed by atoms with Gasteiger partial charge in [-0.1, -0.05) is 12.1 Å². The molecule has 1 amide bonds. The molecule has 0 aromatic heterocycles. The lowest BCUT2D eigenvalue weighted by atomic mass is 10.1. The summed E-state index contributed by atoms with van der Waals surface area (Å²) in [7, 11) is -1.32. The van der Waals surface area contributed by atoms with Crippen LogP contribution >= 0.6 is 0 Å². The summed E-state index contributed by atoms with van der Waals surface area (Å²) >= 11 is 0. The largest absolute Gasteiger partial charge is 0.373 e. The van der Waals surface area contributed by atoms with Gasteiger partial charge in [0.05, 0.1) is 23.3 Å². The molecule has 0 fully saturated rings. The van der Waals surface area contributed by atoms with Gasteiger partial charge in [-0.25, -0.2) is 8.42 Å². The van der Waals surface area contributed by atoms with E-state index in [4.69, 9.17) is 0 Å². The van der Waals surface area contributed by atoms with E-state index >= 15 is 0 Å². The highest BCUT2D eigenvalue weighted by atomic mass is 32.2. The molecule has 2 aromatic rings. The molecule has 0 spiro atoms. The number of hydrogen-bond acceptors (Lipinski definition) is 4. The van der Waals surface area contributed by atoms with Crippen molar-refractivity contribution in [2.45, 2.75) is 13.3 Å². The predicted octanol–water partition coefficient (Wildman–Crippen LogP) is 2.72. The fourth-order valence-electron chi connectivity index (χ4n) is 3.13. The van der Waals surface area contributed by atoms with E-state index in [1.807, 2.05) is 38.2 Å². The van der Waals surface area contributed by atoms with Crippen LogP contribution in [0.3, 0.4) is 0 Å². The van der Waals surface area contributed by atoms with Crippen molar-refractivity contribution in [2.75, 3.05) is 40.9 Å². The van der Waals surface area contributed by atoms with E-state index in [0.29, 0.717) is 24.2 Å². The van der Waals surface area contributed by atoms with Gasteiger partial charge < -0.3 is 10.2 Å². The van der Waals surface area contributed by atoms with Gasteiger partial charge >= 0.3 is 0 Å². The Morgan fingerprint density at radius 3 is 2.65 bits per heavy atom. The predicted molar refractivity (Wildman–Crippen MR) is 106 cm³/mol. The average molecular weight is 373 g/mol. The summed E-state index contributed by atoms with van der Waals surface area (Å²) in [4.78, 5) is 14.8. The number of nitrogens with one attached hydrogen (secondary N) is 1. The number of nitrogens with zero attached hydrogens (tertiary/aromatic N) is 2. The molecule has 0 saturated carbocycles. The van der Waals surface area contributed by atoms with Gasteiger partial charge in [0.2, 0.25) is 10.0 Å². The van der Waals surface area contributed by atoms with Crippen LogP contribution < -0.4 is 14.5 Å². The normalized spacial score (nSPS) is 13.4. The van der Waals surface area contributed by atoms with Crippen molar-refractivity contribution in [1.82, 2.24) is 0 Å². The zero-order chi connectivity index (χ0) is 18.9. The van der Waals surface area contributed by atoms with E-state index in [1.54, 1.807) is 18.2 Å². The van der Waals surface area contributed by atoms with Gasteiger partial charge in [-0.3, -0.25) is 9.10 Å². The zero-order valence-electron chi connectivity index (χ0n) is 15.2. The number of fused-ring (bicyclic) bond motifs is 1. The molecule has 2 aromatic carbocycles. The van der Waals surface area contributed by atoms with Crippen LogP contribution in [-0.2, 0) is 16.4 Å². The van der Waals surface area contributed by atoms with E-state index in [1.165, 1.54) is 10.6 Å². The highest BCUT2D eigenvalue weighted by Gasteiger charge is 2.26. The van der Waals surface area contributed by atoms with Gasteiger partial charge in [0.15, 0.2) is 0 Å². The lowest BCUT2D eigenvalue weighted by Crippen LogP contribution is -2.27. The zero-order valence-corrected chi connectivity index (χ0v) is 16.0. The van der Waals surface area contributed by atoms with Crippen LogP contribution in [0.5, 0.6) is 0 Å². The minimum atomic E-state index is -3.29. The van der Waals surface area contributed by atoms with Crippen molar-refractivity contribution < 1.29 is 13.2 Å². The smallest absolute Gasteiger partial charge is 0.255 e. The molecule has 3 rings (SSSR count). The molecule has 0 saturated heterocycles. The van der Waals surface area contributed by atoms with Crippen molar-refractivity contribution in [3.8, 4) is 0 Å². The minimum absolute atomic E-state index is 0.206. The minimum Gasteiger partial charge on any atom is -0.373 e. The number of hydrogen-bond donors (Lipinski definition) is 1. The molecule has 26 heavy (non-hydrogen) atoms. The maximum absolute atomic E-state index is 12.7. The number of para-hydroxylation sites is 2. The Bertz CT molecular complexity index is 941. The third kappa shape index (κ3) is 3.53. The first kappa shape index (κ1) is 18.3. The second kappa shape index (κ2) is 6.99. The number of amides is 1. The number of sulfonamides is 1. The van der Waals surface area contributed by atoms with Crippen molar-refractivity contribution in [1.29, 1.82) is 0 Å². The molecule has 1 N–H and O–H groups in total. The van der Waals surface area contributed by atoms with Gasteiger partial charge in [-0.05, 0) is 49.2 Å². The molecular formula is C19H23N3O3S. The summed E-state index contributed by atoms with van der Waals surface area (Å²) in [5, 5.41) is 2.96. The van der Waals surface area contributed by atoms with Gasteiger partial charge in [0.25, 0.3) is 5.91 Å². The fourth-order valence-corrected chi connectivity index (χ4v) is 4.09. The Hall–Kier alpha value is -2.54. The lowest BCUT2D eigenvalue weighted by Gasteiger charge is -2.21. The van der Waals surface area contributed by atoms with Gasteiger partial charge in [-0.2, -0.15) is 0 Å². The summed E-state index contributed by atoms with van der Waals surface area (Å²) in [5.41, 5.74) is 3.76. The molecule has 0 atom stereocenters. The average Bonchev–Trinajstić information content (AvgIpc) is 3.05. The van der Waals surface area contributed by atoms with Crippen LogP contribution in [0, 0.1) is 0 Å². The first-order chi connectivity index (χ1) is 12.3. The number of rotatable bonds is 5. The van der Waals surface area contributed by atoms with Crippen molar-refractivity contribution in [2.24, 2.45) is 0 Å². The number of benzene rings is 2. The van der Waals surface area contributed by atoms with Crippen LogP contribution in [0.15, 0.2) is 42.5 Å². The molecular weight excluding hydrogens is 350 g/mol. The van der Waals surface area contributed by atoms with E-state index in [-0.39, 0.29) is 5.91 Å². The van der Waals surface area contributed by atoms with Crippen LogP contribution in [0.1, 0.15) is 22.8 Å². The third-order valence-electron chi connectivity index (χ3n) is 4.63. The van der Waals surface area contributed by atoms with Crippen molar-refractivity contribution >= 4 is 33.0 Å². The number of carbonyl (C=O) groups excluding carboxylic acids is 1. The van der Waals surface area contributed by atoms with Gasteiger partial charge in [-0.15, -0.1) is 0 Å². The highest BCUT2D eigenvalue weighted by Crippen LogP contribution is 2.31. The molecule has 6 nitrogen and oxygen atoms in total. The third-order valence-corrected chi connectivity index (χ3v) is 5.81. The lowest BCUT2D eigenvalue weighted by molar-refractivity contribution is 0.102. The highest BCUT2D eigenvalue weighted by molar-refractivity contribution is 7.92. The van der Waals surface area contributed by atoms with E-state index in [2.05, 4.69) is 10.2 Å². The maximum atomic E-state index is 12.7. The van der Waals surface area contributed by atoms with E-state index in [0.717, 1.165) is 23.5 Å². The molecule has 0 aliphatic carbocycles. The second-order valence-corrected chi connectivity index (χ2v) is 8.32. The quantitative estimate of drug-likeness (QED) is 0.875. The summed E-state index contributed by atoms with van der Waals surface area (Å²) in [6.45, 7) is 3.29. The standard InChI is InChI=1S/C19H23N3O3S/c1-4-21(2)18-8-6-5-7-16(18)20-19(23)15-9-10-17-14(13-15)11-12-22(17)26(3,24)25/h5-10,13H,4,11-12H2,1-3H3,(H,20,23). The Morgan fingerprint density at radius 2 is 1.96 bits per heavy atom. The Morgan fingerprint density at radius 1 is 1.23 bits per heavy atom. The van der Waals surface area contributed by atoms with E-state index < -0.39 is 10.0 Å². The van der Waals surface area contributed by atoms with Crippen LogP contribution in [0.2, 0.25) is 0 Å². The van der Waals surface area contributed by atoms with Crippen molar-refractivity contribution in [3.63, 3.8) is 0 Å². The molecule has 1 heterocycles. The van der Waals surface area contributed by atoms with Crippen molar-refractivity contribution in [3.05, 3.63) is 53.6 Å².